The van der Waals surface area contributed by atoms with Crippen LogP contribution in [0.2, 0.25) is 0 Å². The second-order valence-corrected chi connectivity index (χ2v) is 5.65. The second-order valence-electron chi connectivity index (χ2n) is 5.65. The normalized spacial score (nSPS) is 10.5. The van der Waals surface area contributed by atoms with Gasteiger partial charge >= 0.3 is 5.97 Å². The lowest BCUT2D eigenvalue weighted by molar-refractivity contribution is 0.0519. The van der Waals surface area contributed by atoms with Gasteiger partial charge in [-0.3, -0.25) is 0 Å². The number of nitrogens with two attached hydrogens (primary N) is 1. The number of nitrogens with zero attached hydrogens (tertiary/aromatic N) is 2. The van der Waals surface area contributed by atoms with E-state index >= 15 is 0 Å². The number of carbonyl (C=O) groups excluding carboxylic acids is 1. The summed E-state index contributed by atoms with van der Waals surface area (Å²) in [7, 11) is 0. The first-order chi connectivity index (χ1) is 12.1. The molecule has 0 saturated heterocycles. The molecule has 0 unspecified atom stereocenters. The topological polar surface area (TPSA) is 87.3 Å². The van der Waals surface area contributed by atoms with Crippen LogP contribution in [0.3, 0.4) is 0 Å². The van der Waals surface area contributed by atoms with Gasteiger partial charge in [0.15, 0.2) is 5.69 Å². The van der Waals surface area contributed by atoms with E-state index < -0.39 is 5.97 Å². The molecule has 6 nitrogen and oxygen atoms in total. The maximum Gasteiger partial charge on any atom is 0.357 e. The van der Waals surface area contributed by atoms with Crippen molar-refractivity contribution in [2.75, 3.05) is 18.9 Å². The Balaban J connectivity index is 2.13. The van der Waals surface area contributed by atoms with E-state index in [4.69, 9.17) is 15.2 Å². The van der Waals surface area contributed by atoms with Gasteiger partial charge in [0.25, 0.3) is 0 Å². The maximum absolute atomic E-state index is 11.9. The molecular weight excluding hydrogens is 318 g/mol. The molecular formula is C19H25N3O3. The molecule has 0 fully saturated rings. The summed E-state index contributed by atoms with van der Waals surface area (Å²) in [5.74, 6) is 0.288. The molecule has 0 aliphatic rings. The molecule has 2 N–H and O–H groups in total. The Morgan fingerprint density at radius 3 is 2.72 bits per heavy atom. The summed E-state index contributed by atoms with van der Waals surface area (Å²) in [6.07, 6.45) is 4.63. The van der Waals surface area contributed by atoms with Crippen molar-refractivity contribution in [1.29, 1.82) is 0 Å². The number of hydrogen-bond donors (Lipinski definition) is 1. The van der Waals surface area contributed by atoms with Gasteiger partial charge in [0.2, 0.25) is 5.95 Å². The first-order valence-electron chi connectivity index (χ1n) is 8.69. The number of hydrogen-bond acceptors (Lipinski definition) is 6. The number of benzene rings is 1. The quantitative estimate of drug-likeness (QED) is 0.549. The highest BCUT2D eigenvalue weighted by molar-refractivity contribution is 5.88. The highest BCUT2D eigenvalue weighted by Gasteiger charge is 2.13. The fourth-order valence-corrected chi connectivity index (χ4v) is 2.39. The minimum Gasteiger partial charge on any atom is -0.494 e. The lowest BCUT2D eigenvalue weighted by Gasteiger charge is -2.09. The predicted octanol–water partition coefficient (Wildman–Crippen LogP) is 3.86. The van der Waals surface area contributed by atoms with Crippen LogP contribution in [0.4, 0.5) is 5.95 Å². The number of unbranched alkanes of at least 4 members (excludes halogenated alkanes) is 3. The third-order valence-corrected chi connectivity index (χ3v) is 3.62. The highest BCUT2D eigenvalue weighted by atomic mass is 16.5. The fourth-order valence-electron chi connectivity index (χ4n) is 2.39. The van der Waals surface area contributed by atoms with Crippen LogP contribution in [0.5, 0.6) is 5.75 Å². The van der Waals surface area contributed by atoms with Crippen LogP contribution < -0.4 is 10.5 Å². The van der Waals surface area contributed by atoms with Crippen molar-refractivity contribution in [3.63, 3.8) is 0 Å². The monoisotopic (exact) mass is 343 g/mol. The molecule has 0 aliphatic heterocycles. The molecule has 1 aromatic carbocycles. The van der Waals surface area contributed by atoms with E-state index in [1.807, 2.05) is 24.3 Å². The van der Waals surface area contributed by atoms with Gasteiger partial charge in [0.05, 0.1) is 18.9 Å². The van der Waals surface area contributed by atoms with E-state index in [2.05, 4.69) is 16.9 Å². The molecule has 25 heavy (non-hydrogen) atoms. The Hall–Kier alpha value is -2.63. The SMILES string of the molecule is CCCCCCOc1cccc(-c2cc(C(=O)OCC)nc(N)n2)c1. The molecule has 0 atom stereocenters. The van der Waals surface area contributed by atoms with Crippen molar-refractivity contribution >= 4 is 11.9 Å². The Morgan fingerprint density at radius 1 is 1.12 bits per heavy atom. The number of rotatable bonds is 9. The molecule has 0 radical (unpaired) electrons. The molecule has 0 amide bonds. The number of esters is 1. The molecule has 1 heterocycles. The van der Waals surface area contributed by atoms with Gasteiger partial charge in [-0.2, -0.15) is 0 Å². The number of aromatic nitrogens is 2. The van der Waals surface area contributed by atoms with Gasteiger partial charge in [0.1, 0.15) is 5.75 Å². The van der Waals surface area contributed by atoms with Gasteiger partial charge < -0.3 is 15.2 Å². The zero-order chi connectivity index (χ0) is 18.1. The first kappa shape index (κ1) is 18.7. The predicted molar refractivity (Wildman–Crippen MR) is 97.5 cm³/mol. The van der Waals surface area contributed by atoms with Gasteiger partial charge in [0, 0.05) is 5.56 Å². The number of carbonyl (C=O) groups is 1. The van der Waals surface area contributed by atoms with Crippen molar-refractivity contribution in [3.05, 3.63) is 36.0 Å². The van der Waals surface area contributed by atoms with Crippen LogP contribution in [0.1, 0.15) is 50.0 Å². The Bertz CT molecular complexity index is 704. The Labute approximate surface area is 148 Å². The summed E-state index contributed by atoms with van der Waals surface area (Å²) < 4.78 is 10.8. The molecule has 0 spiro atoms. The molecule has 0 aliphatic carbocycles. The van der Waals surface area contributed by atoms with Crippen molar-refractivity contribution in [3.8, 4) is 17.0 Å². The van der Waals surface area contributed by atoms with Crippen molar-refractivity contribution in [1.82, 2.24) is 9.97 Å². The van der Waals surface area contributed by atoms with Crippen LogP contribution >= 0.6 is 0 Å². The van der Waals surface area contributed by atoms with E-state index in [9.17, 15) is 4.79 Å². The highest BCUT2D eigenvalue weighted by Crippen LogP contribution is 2.24. The van der Waals surface area contributed by atoms with Crippen LogP contribution in [0.15, 0.2) is 30.3 Å². The van der Waals surface area contributed by atoms with Crippen molar-refractivity contribution < 1.29 is 14.3 Å². The van der Waals surface area contributed by atoms with Gasteiger partial charge in [-0.1, -0.05) is 38.3 Å². The summed E-state index contributed by atoms with van der Waals surface area (Å²) in [5.41, 5.74) is 7.26. The summed E-state index contributed by atoms with van der Waals surface area (Å²) in [4.78, 5) is 20.0. The first-order valence-corrected chi connectivity index (χ1v) is 8.69. The Morgan fingerprint density at radius 2 is 1.96 bits per heavy atom. The molecule has 2 aromatic rings. The molecule has 6 heteroatoms. The minimum atomic E-state index is -0.513. The second kappa shape index (κ2) is 9.61. The number of ether oxygens (including phenoxy) is 2. The van der Waals surface area contributed by atoms with Crippen LogP contribution in [-0.2, 0) is 4.74 Å². The zero-order valence-corrected chi connectivity index (χ0v) is 14.8. The largest absolute Gasteiger partial charge is 0.494 e. The van der Waals surface area contributed by atoms with Gasteiger partial charge in [-0.05, 0) is 31.5 Å². The average molecular weight is 343 g/mol. The minimum absolute atomic E-state index is 0.0337. The van der Waals surface area contributed by atoms with E-state index in [1.165, 1.54) is 19.3 Å². The van der Waals surface area contributed by atoms with Crippen LogP contribution in [-0.4, -0.2) is 29.2 Å². The third-order valence-electron chi connectivity index (χ3n) is 3.62. The van der Waals surface area contributed by atoms with Crippen molar-refractivity contribution in [2.45, 2.75) is 39.5 Å². The van der Waals surface area contributed by atoms with Crippen molar-refractivity contribution in [2.24, 2.45) is 0 Å². The molecule has 0 bridgehead atoms. The van der Waals surface area contributed by atoms with E-state index in [1.54, 1.807) is 13.0 Å². The van der Waals surface area contributed by atoms with Gasteiger partial charge in [-0.25, -0.2) is 14.8 Å². The van der Waals surface area contributed by atoms with E-state index in [-0.39, 0.29) is 18.2 Å². The van der Waals surface area contributed by atoms with Crippen LogP contribution in [0.25, 0.3) is 11.3 Å². The number of anilines is 1. The third kappa shape index (κ3) is 5.74. The van der Waals surface area contributed by atoms with Gasteiger partial charge in [-0.15, -0.1) is 0 Å². The molecule has 1 aromatic heterocycles. The molecule has 134 valence electrons. The average Bonchev–Trinajstić information content (AvgIpc) is 2.61. The number of nitrogen functional groups attached to an aromatic ring is 1. The molecule has 0 saturated carbocycles. The summed E-state index contributed by atoms with van der Waals surface area (Å²) in [6, 6.07) is 9.14. The smallest absolute Gasteiger partial charge is 0.357 e. The standard InChI is InChI=1S/C19H25N3O3/c1-3-5-6-7-11-25-15-10-8-9-14(12-15)16-13-17(18(23)24-4-2)22-19(20)21-16/h8-10,12-13H,3-7,11H2,1-2H3,(H2,20,21,22). The Kier molecular flexibility index (Phi) is 7.19. The summed E-state index contributed by atoms with van der Waals surface area (Å²) >= 11 is 0. The fraction of sp³-hybridized carbons (Fsp3) is 0.421. The van der Waals surface area contributed by atoms with Crippen LogP contribution in [0, 0.1) is 0 Å². The summed E-state index contributed by atoms with van der Waals surface area (Å²) in [6.45, 7) is 4.88. The van der Waals surface area contributed by atoms with E-state index in [0.29, 0.717) is 12.3 Å². The lowest BCUT2D eigenvalue weighted by Crippen LogP contribution is -2.10. The summed E-state index contributed by atoms with van der Waals surface area (Å²) in [5, 5.41) is 0. The lowest BCUT2D eigenvalue weighted by atomic mass is 10.1. The maximum atomic E-state index is 11.9. The van der Waals surface area contributed by atoms with E-state index in [0.717, 1.165) is 17.7 Å². The zero-order valence-electron chi connectivity index (χ0n) is 14.8. The molecule has 2 rings (SSSR count).